The molecular weight excluding hydrogens is 238 g/mol. The Hall–Kier alpha value is -0.570. The molecular formula is C16H29NO2. The van der Waals surface area contributed by atoms with Crippen LogP contribution in [-0.2, 0) is 4.79 Å². The minimum atomic E-state index is -0.596. The Labute approximate surface area is 117 Å². The molecule has 0 aromatic heterocycles. The molecule has 2 aliphatic rings. The molecule has 1 heterocycles. The Morgan fingerprint density at radius 1 is 1.32 bits per heavy atom. The normalized spacial score (nSPS) is 40.8. The van der Waals surface area contributed by atoms with Gasteiger partial charge in [0.1, 0.15) is 0 Å². The summed E-state index contributed by atoms with van der Waals surface area (Å²) in [6, 6.07) is 0.601. The van der Waals surface area contributed by atoms with E-state index in [9.17, 15) is 9.90 Å². The molecule has 1 saturated carbocycles. The molecule has 1 saturated heterocycles. The number of likely N-dealkylation sites (tertiary alicyclic amines) is 1. The Morgan fingerprint density at radius 3 is 2.53 bits per heavy atom. The number of carboxylic acid groups (broad SMARTS) is 1. The van der Waals surface area contributed by atoms with E-state index in [1.165, 1.54) is 19.3 Å². The molecule has 4 atom stereocenters. The van der Waals surface area contributed by atoms with Crippen LogP contribution < -0.4 is 0 Å². The van der Waals surface area contributed by atoms with E-state index in [0.717, 1.165) is 25.4 Å². The van der Waals surface area contributed by atoms with Crippen molar-refractivity contribution >= 4 is 5.97 Å². The molecule has 2 fully saturated rings. The maximum absolute atomic E-state index is 11.7. The van der Waals surface area contributed by atoms with E-state index in [-0.39, 0.29) is 5.92 Å². The van der Waals surface area contributed by atoms with Crippen molar-refractivity contribution in [3.63, 3.8) is 0 Å². The molecule has 1 N–H and O–H groups in total. The SMILES string of the molecule is CC1CCCC(N2CCC(C(=O)O)(C(C)C)C2)C1C. The van der Waals surface area contributed by atoms with Crippen molar-refractivity contribution in [2.75, 3.05) is 13.1 Å². The number of hydrogen-bond acceptors (Lipinski definition) is 2. The van der Waals surface area contributed by atoms with Crippen LogP contribution >= 0.6 is 0 Å². The molecule has 3 nitrogen and oxygen atoms in total. The van der Waals surface area contributed by atoms with Crippen molar-refractivity contribution in [3.8, 4) is 0 Å². The molecule has 0 amide bonds. The van der Waals surface area contributed by atoms with Crippen LogP contribution in [0, 0.1) is 23.2 Å². The van der Waals surface area contributed by atoms with Gasteiger partial charge in [-0.3, -0.25) is 9.69 Å². The number of hydrogen-bond donors (Lipinski definition) is 1. The van der Waals surface area contributed by atoms with Crippen molar-refractivity contribution < 1.29 is 9.90 Å². The van der Waals surface area contributed by atoms with Crippen LogP contribution in [0.3, 0.4) is 0 Å². The lowest BCUT2D eigenvalue weighted by atomic mass is 9.75. The monoisotopic (exact) mass is 267 g/mol. The Balaban J connectivity index is 2.10. The number of carboxylic acids is 1. The third-order valence-corrected chi connectivity index (χ3v) is 5.99. The van der Waals surface area contributed by atoms with Gasteiger partial charge < -0.3 is 5.11 Å². The average molecular weight is 267 g/mol. The molecule has 3 heteroatoms. The standard InChI is InChI=1S/C16H29NO2/c1-11(2)16(15(18)19)8-9-17(10-16)14-7-5-6-12(3)13(14)4/h11-14H,5-10H2,1-4H3,(H,18,19). The first-order valence-electron chi connectivity index (χ1n) is 7.86. The van der Waals surface area contributed by atoms with Gasteiger partial charge in [0.25, 0.3) is 0 Å². The summed E-state index contributed by atoms with van der Waals surface area (Å²) in [6.07, 6.45) is 4.70. The van der Waals surface area contributed by atoms with Crippen molar-refractivity contribution in [1.82, 2.24) is 4.90 Å². The highest BCUT2D eigenvalue weighted by Gasteiger charge is 2.49. The predicted molar refractivity (Wildman–Crippen MR) is 77.1 cm³/mol. The Kier molecular flexibility index (Phi) is 4.24. The van der Waals surface area contributed by atoms with Crippen molar-refractivity contribution in [3.05, 3.63) is 0 Å². The van der Waals surface area contributed by atoms with E-state index in [4.69, 9.17) is 0 Å². The lowest BCUT2D eigenvalue weighted by Gasteiger charge is -2.41. The molecule has 110 valence electrons. The summed E-state index contributed by atoms with van der Waals surface area (Å²) in [5.74, 6) is 1.09. The summed E-state index contributed by atoms with van der Waals surface area (Å²) in [5, 5.41) is 9.64. The summed E-state index contributed by atoms with van der Waals surface area (Å²) in [6.45, 7) is 10.5. The molecule has 1 aliphatic carbocycles. The van der Waals surface area contributed by atoms with Gasteiger partial charge in [-0.15, -0.1) is 0 Å². The zero-order valence-corrected chi connectivity index (χ0v) is 12.9. The molecule has 1 aliphatic heterocycles. The van der Waals surface area contributed by atoms with E-state index in [0.29, 0.717) is 12.0 Å². The zero-order chi connectivity index (χ0) is 14.2. The second-order valence-corrected chi connectivity index (χ2v) is 7.17. The number of rotatable bonds is 3. The molecule has 4 unspecified atom stereocenters. The summed E-state index contributed by atoms with van der Waals surface area (Å²) < 4.78 is 0. The minimum Gasteiger partial charge on any atom is -0.481 e. The molecule has 0 radical (unpaired) electrons. The third kappa shape index (κ3) is 2.54. The average Bonchev–Trinajstić information content (AvgIpc) is 2.79. The summed E-state index contributed by atoms with van der Waals surface area (Å²) in [7, 11) is 0. The second-order valence-electron chi connectivity index (χ2n) is 7.17. The van der Waals surface area contributed by atoms with E-state index >= 15 is 0 Å². The highest BCUT2D eigenvalue weighted by molar-refractivity contribution is 5.75. The Bertz CT molecular complexity index is 342. The van der Waals surface area contributed by atoms with Crippen LogP contribution in [0.15, 0.2) is 0 Å². The van der Waals surface area contributed by atoms with Crippen molar-refractivity contribution in [2.45, 2.75) is 59.4 Å². The van der Waals surface area contributed by atoms with Gasteiger partial charge >= 0.3 is 5.97 Å². The maximum Gasteiger partial charge on any atom is 0.311 e. The van der Waals surface area contributed by atoms with E-state index in [1.54, 1.807) is 0 Å². The molecule has 19 heavy (non-hydrogen) atoms. The fraction of sp³-hybridized carbons (Fsp3) is 0.938. The maximum atomic E-state index is 11.7. The van der Waals surface area contributed by atoms with Gasteiger partial charge in [-0.1, -0.05) is 40.5 Å². The summed E-state index contributed by atoms with van der Waals surface area (Å²) in [4.78, 5) is 14.2. The van der Waals surface area contributed by atoms with E-state index < -0.39 is 11.4 Å². The van der Waals surface area contributed by atoms with Gasteiger partial charge in [0, 0.05) is 12.6 Å². The van der Waals surface area contributed by atoms with E-state index in [2.05, 4.69) is 32.6 Å². The molecule has 0 aromatic rings. The highest BCUT2D eigenvalue weighted by Crippen LogP contribution is 2.42. The smallest absolute Gasteiger partial charge is 0.311 e. The van der Waals surface area contributed by atoms with Gasteiger partial charge in [-0.05, 0) is 37.1 Å². The molecule has 2 rings (SSSR count). The van der Waals surface area contributed by atoms with Gasteiger partial charge in [-0.2, -0.15) is 0 Å². The van der Waals surface area contributed by atoms with Gasteiger partial charge in [0.2, 0.25) is 0 Å². The topological polar surface area (TPSA) is 40.5 Å². The highest BCUT2D eigenvalue weighted by atomic mass is 16.4. The van der Waals surface area contributed by atoms with E-state index in [1.807, 2.05) is 0 Å². The van der Waals surface area contributed by atoms with Gasteiger partial charge in [-0.25, -0.2) is 0 Å². The van der Waals surface area contributed by atoms with Crippen LogP contribution in [0.25, 0.3) is 0 Å². The number of carbonyl (C=O) groups is 1. The van der Waals surface area contributed by atoms with Crippen LogP contribution in [0.4, 0.5) is 0 Å². The minimum absolute atomic E-state index is 0.214. The van der Waals surface area contributed by atoms with Crippen LogP contribution in [0.1, 0.15) is 53.4 Å². The first-order chi connectivity index (χ1) is 8.88. The third-order valence-electron chi connectivity index (χ3n) is 5.99. The van der Waals surface area contributed by atoms with Gasteiger partial charge in [0.05, 0.1) is 5.41 Å². The quantitative estimate of drug-likeness (QED) is 0.853. The fourth-order valence-corrected chi connectivity index (χ4v) is 4.11. The van der Waals surface area contributed by atoms with Crippen molar-refractivity contribution in [2.24, 2.45) is 23.2 Å². The fourth-order valence-electron chi connectivity index (χ4n) is 4.11. The first kappa shape index (κ1) is 14.8. The molecule has 0 spiro atoms. The Morgan fingerprint density at radius 2 is 2.00 bits per heavy atom. The molecule has 0 aromatic carbocycles. The molecule has 0 bridgehead atoms. The number of aliphatic carboxylic acids is 1. The summed E-state index contributed by atoms with van der Waals surface area (Å²) >= 11 is 0. The van der Waals surface area contributed by atoms with Crippen LogP contribution in [0.5, 0.6) is 0 Å². The van der Waals surface area contributed by atoms with Gasteiger partial charge in [0.15, 0.2) is 0 Å². The van der Waals surface area contributed by atoms with Crippen molar-refractivity contribution in [1.29, 1.82) is 0 Å². The lowest BCUT2D eigenvalue weighted by molar-refractivity contribution is -0.151. The van der Waals surface area contributed by atoms with Crippen LogP contribution in [-0.4, -0.2) is 35.1 Å². The lowest BCUT2D eigenvalue weighted by Crippen LogP contribution is -2.46. The predicted octanol–water partition coefficient (Wildman–Crippen LogP) is 3.24. The van der Waals surface area contributed by atoms with Crippen LogP contribution in [0.2, 0.25) is 0 Å². The second kappa shape index (κ2) is 5.43. The first-order valence-corrected chi connectivity index (χ1v) is 7.86. The summed E-state index contributed by atoms with van der Waals surface area (Å²) in [5.41, 5.74) is -0.513. The largest absolute Gasteiger partial charge is 0.481 e. The number of nitrogens with zero attached hydrogens (tertiary/aromatic N) is 1. The zero-order valence-electron chi connectivity index (χ0n) is 12.9.